The molecular weight excluding hydrogens is 206 g/mol. The molecule has 0 heterocycles. The third-order valence-electron chi connectivity index (χ3n) is 0.842. The smallest absolute Gasteiger partial charge is 0.142 e. The van der Waals surface area contributed by atoms with Crippen LogP contribution in [0.1, 0.15) is 0 Å². The van der Waals surface area contributed by atoms with Gasteiger partial charge in [0.15, 0.2) is 0 Å². The summed E-state index contributed by atoms with van der Waals surface area (Å²) in [5, 5.41) is 0.0810. The summed E-state index contributed by atoms with van der Waals surface area (Å²) in [6.45, 7) is 0. The van der Waals surface area contributed by atoms with E-state index in [1.54, 1.807) is 0 Å². The number of hydrogen-bond donors (Lipinski definition) is 0. The molecule has 0 saturated heterocycles. The minimum Gasteiger partial charge on any atom is -0.205 e. The zero-order chi connectivity index (χ0) is 6.85. The van der Waals surface area contributed by atoms with Crippen LogP contribution in [-0.2, 0) is 0 Å². The maximum Gasteiger partial charge on any atom is 0.142 e. The quantitative estimate of drug-likeness (QED) is 0.575. The van der Waals surface area contributed by atoms with E-state index in [9.17, 15) is 4.39 Å². The largest absolute Gasteiger partial charge is 0.205 e. The van der Waals surface area contributed by atoms with Gasteiger partial charge >= 0.3 is 0 Å². The van der Waals surface area contributed by atoms with E-state index in [-0.39, 0.29) is 5.02 Å². The highest BCUT2D eigenvalue weighted by Gasteiger charge is 2.00. The first-order valence-corrected chi connectivity index (χ1v) is 3.40. The molecule has 0 atom stereocenters. The number of halogens is 3. The standard InChI is InChI=1S/C6H2BrClF/c7-4-2-1-3-5(9)6(4)8/h1,3H. The van der Waals surface area contributed by atoms with Crippen LogP contribution in [0.5, 0.6) is 0 Å². The van der Waals surface area contributed by atoms with E-state index in [2.05, 4.69) is 22.0 Å². The number of hydrogen-bond acceptors (Lipinski definition) is 0. The lowest BCUT2D eigenvalue weighted by Gasteiger charge is -1.92. The Morgan fingerprint density at radius 3 is 2.78 bits per heavy atom. The van der Waals surface area contributed by atoms with E-state index in [1.807, 2.05) is 0 Å². The van der Waals surface area contributed by atoms with Crippen molar-refractivity contribution < 1.29 is 4.39 Å². The van der Waals surface area contributed by atoms with Crippen molar-refractivity contribution in [1.82, 2.24) is 0 Å². The van der Waals surface area contributed by atoms with Crippen LogP contribution in [0.3, 0.4) is 0 Å². The Balaban J connectivity index is 3.25. The molecule has 9 heavy (non-hydrogen) atoms. The zero-order valence-corrected chi connectivity index (χ0v) is 6.63. The molecule has 0 bridgehead atoms. The van der Waals surface area contributed by atoms with Crippen molar-refractivity contribution in [2.75, 3.05) is 0 Å². The molecule has 3 heteroatoms. The molecule has 0 saturated carbocycles. The maximum absolute atomic E-state index is 12.4. The van der Waals surface area contributed by atoms with E-state index >= 15 is 0 Å². The van der Waals surface area contributed by atoms with Crippen molar-refractivity contribution in [3.8, 4) is 0 Å². The van der Waals surface area contributed by atoms with E-state index in [0.29, 0.717) is 4.47 Å². The fourth-order valence-electron chi connectivity index (χ4n) is 0.429. The Bertz CT molecular complexity index is 204. The maximum atomic E-state index is 12.4. The zero-order valence-electron chi connectivity index (χ0n) is 4.29. The van der Waals surface area contributed by atoms with Gasteiger partial charge in [0.25, 0.3) is 0 Å². The van der Waals surface area contributed by atoms with Crippen molar-refractivity contribution in [3.63, 3.8) is 0 Å². The Labute approximate surface area is 65.8 Å². The van der Waals surface area contributed by atoms with Gasteiger partial charge in [0, 0.05) is 4.47 Å². The van der Waals surface area contributed by atoms with Crippen LogP contribution in [0, 0.1) is 11.9 Å². The lowest BCUT2D eigenvalue weighted by molar-refractivity contribution is 0.627. The van der Waals surface area contributed by atoms with Gasteiger partial charge in [0.05, 0.1) is 5.02 Å². The van der Waals surface area contributed by atoms with E-state index in [4.69, 9.17) is 11.6 Å². The van der Waals surface area contributed by atoms with Gasteiger partial charge in [0.1, 0.15) is 5.82 Å². The average Bonchev–Trinajstić information content (AvgIpc) is 1.83. The first-order chi connectivity index (χ1) is 4.22. The number of rotatable bonds is 0. The summed E-state index contributed by atoms with van der Waals surface area (Å²) in [5.74, 6) is -0.428. The molecule has 0 spiro atoms. The van der Waals surface area contributed by atoms with Gasteiger partial charge in [-0.15, -0.1) is 0 Å². The number of benzene rings is 1. The summed E-state index contributed by atoms with van der Waals surface area (Å²) >= 11 is 8.44. The third-order valence-corrected chi connectivity index (χ3v) is 2.07. The molecule has 0 aromatic heterocycles. The van der Waals surface area contributed by atoms with Crippen molar-refractivity contribution in [1.29, 1.82) is 0 Å². The van der Waals surface area contributed by atoms with Gasteiger partial charge in [-0.05, 0) is 28.1 Å². The molecule has 0 N–H and O–H groups in total. The normalized spacial score (nSPS) is 9.67. The van der Waals surface area contributed by atoms with E-state index in [0.717, 1.165) is 0 Å². The monoisotopic (exact) mass is 207 g/mol. The SMILES string of the molecule is Fc1cc[c]c(Br)c1Cl. The molecule has 1 aromatic carbocycles. The Morgan fingerprint density at radius 2 is 2.33 bits per heavy atom. The van der Waals surface area contributed by atoms with Gasteiger partial charge in [-0.2, -0.15) is 0 Å². The van der Waals surface area contributed by atoms with Crippen LogP contribution >= 0.6 is 27.5 Å². The van der Waals surface area contributed by atoms with Gasteiger partial charge in [-0.1, -0.05) is 17.7 Å². The minimum absolute atomic E-state index is 0.0810. The van der Waals surface area contributed by atoms with Crippen molar-refractivity contribution in [2.45, 2.75) is 0 Å². The summed E-state index contributed by atoms with van der Waals surface area (Å²) in [4.78, 5) is 0. The Hall–Kier alpha value is -0.0800. The van der Waals surface area contributed by atoms with Crippen LogP contribution in [0.15, 0.2) is 16.6 Å². The Morgan fingerprint density at radius 1 is 1.67 bits per heavy atom. The summed E-state index contributed by atoms with van der Waals surface area (Å²) in [7, 11) is 0. The highest BCUT2D eigenvalue weighted by molar-refractivity contribution is 9.10. The third kappa shape index (κ3) is 1.43. The highest BCUT2D eigenvalue weighted by atomic mass is 79.9. The lowest BCUT2D eigenvalue weighted by atomic mass is 10.3. The molecule has 0 aliphatic rings. The molecule has 0 aliphatic heterocycles. The van der Waals surface area contributed by atoms with Gasteiger partial charge in [-0.3, -0.25) is 0 Å². The summed E-state index contributed by atoms with van der Waals surface area (Å²) in [6, 6.07) is 5.41. The molecule has 0 nitrogen and oxygen atoms in total. The van der Waals surface area contributed by atoms with Crippen molar-refractivity contribution in [3.05, 3.63) is 33.5 Å². The minimum atomic E-state index is -0.428. The second-order valence-electron chi connectivity index (χ2n) is 1.45. The summed E-state index contributed by atoms with van der Waals surface area (Å²) in [6.07, 6.45) is 0. The average molecular weight is 208 g/mol. The molecule has 0 aliphatic carbocycles. The van der Waals surface area contributed by atoms with Crippen LogP contribution in [-0.4, -0.2) is 0 Å². The van der Waals surface area contributed by atoms with E-state index < -0.39 is 5.82 Å². The second kappa shape index (κ2) is 2.67. The first kappa shape index (κ1) is 7.03. The van der Waals surface area contributed by atoms with Crippen LogP contribution in [0.2, 0.25) is 5.02 Å². The van der Waals surface area contributed by atoms with Gasteiger partial charge < -0.3 is 0 Å². The molecule has 0 amide bonds. The molecule has 1 radical (unpaired) electrons. The first-order valence-electron chi connectivity index (χ1n) is 2.23. The predicted octanol–water partition coefficient (Wildman–Crippen LogP) is 3.04. The molecule has 47 valence electrons. The fourth-order valence-corrected chi connectivity index (χ4v) is 0.868. The van der Waals surface area contributed by atoms with Gasteiger partial charge in [-0.25, -0.2) is 4.39 Å². The fraction of sp³-hybridized carbons (Fsp3) is 0. The van der Waals surface area contributed by atoms with Crippen molar-refractivity contribution in [2.24, 2.45) is 0 Å². The molecule has 0 unspecified atom stereocenters. The topological polar surface area (TPSA) is 0 Å². The molecule has 1 rings (SSSR count). The summed E-state index contributed by atoms with van der Waals surface area (Å²) in [5.41, 5.74) is 0. The van der Waals surface area contributed by atoms with E-state index in [1.165, 1.54) is 12.1 Å². The predicted molar refractivity (Wildman–Crippen MR) is 37.9 cm³/mol. The summed E-state index contributed by atoms with van der Waals surface area (Å²) < 4.78 is 12.9. The molecule has 0 fully saturated rings. The molecule has 1 aromatic rings. The van der Waals surface area contributed by atoms with Gasteiger partial charge in [0.2, 0.25) is 0 Å². The second-order valence-corrected chi connectivity index (χ2v) is 2.62. The van der Waals surface area contributed by atoms with Crippen LogP contribution in [0.4, 0.5) is 4.39 Å². The Kier molecular flexibility index (Phi) is 2.09. The lowest BCUT2D eigenvalue weighted by Crippen LogP contribution is -1.75. The molecular formula is C6H2BrClF. The van der Waals surface area contributed by atoms with Crippen molar-refractivity contribution >= 4 is 27.5 Å². The highest BCUT2D eigenvalue weighted by Crippen LogP contribution is 2.23. The van der Waals surface area contributed by atoms with Crippen LogP contribution in [0.25, 0.3) is 0 Å². The van der Waals surface area contributed by atoms with Crippen LogP contribution < -0.4 is 0 Å².